The Morgan fingerprint density at radius 2 is 2.11 bits per heavy atom. The van der Waals surface area contributed by atoms with Crippen molar-refractivity contribution in [2.24, 2.45) is 11.1 Å². The molecule has 0 unspecified atom stereocenters. The lowest BCUT2D eigenvalue weighted by Crippen LogP contribution is -2.40. The third-order valence-corrected chi connectivity index (χ3v) is 2.72. The minimum Gasteiger partial charge on any atom is -0.369 e. The fourth-order valence-corrected chi connectivity index (χ4v) is 1.45. The van der Waals surface area contributed by atoms with Gasteiger partial charge in [-0.3, -0.25) is 14.9 Å². The first-order chi connectivity index (χ1) is 8.72. The predicted octanol–water partition coefficient (Wildman–Crippen LogP) is 1.33. The van der Waals surface area contributed by atoms with E-state index < -0.39 is 22.1 Å². The number of carbonyl (C=O) groups excluding carboxylic acids is 1. The van der Waals surface area contributed by atoms with Crippen LogP contribution in [-0.2, 0) is 11.3 Å². The zero-order valence-corrected chi connectivity index (χ0v) is 10.8. The summed E-state index contributed by atoms with van der Waals surface area (Å²) in [4.78, 5) is 21.0. The molecular formula is C12H16FN3O3. The Balaban J connectivity index is 2.68. The maximum atomic E-state index is 13.2. The van der Waals surface area contributed by atoms with Crippen LogP contribution in [-0.4, -0.2) is 17.4 Å². The number of halogens is 1. The number of benzene rings is 1. The second kappa shape index (κ2) is 5.75. The molecule has 0 radical (unpaired) electrons. The number of nitrogens with zero attached hydrogens (tertiary/aromatic N) is 1. The number of nitro benzene ring substituents is 1. The molecule has 6 nitrogen and oxygen atoms in total. The van der Waals surface area contributed by atoms with Crippen LogP contribution in [0.3, 0.4) is 0 Å². The van der Waals surface area contributed by atoms with Crippen LogP contribution in [0.5, 0.6) is 0 Å². The normalized spacial score (nSPS) is 11.3. The standard InChI is InChI=1S/C12H16FN3O3/c1-12(2,11(14)17)7-15-6-8-3-9(13)5-10(4-8)16(18)19/h3-5,15H,6-7H2,1-2H3,(H2,14,17). The largest absolute Gasteiger partial charge is 0.369 e. The molecule has 0 saturated heterocycles. The van der Waals surface area contributed by atoms with E-state index in [4.69, 9.17) is 5.73 Å². The fraction of sp³-hybridized carbons (Fsp3) is 0.417. The molecule has 0 fully saturated rings. The lowest BCUT2D eigenvalue weighted by atomic mass is 9.93. The maximum Gasteiger partial charge on any atom is 0.272 e. The quantitative estimate of drug-likeness (QED) is 0.601. The number of primary amides is 1. The molecule has 19 heavy (non-hydrogen) atoms. The van der Waals surface area contributed by atoms with E-state index in [1.165, 1.54) is 12.1 Å². The second-order valence-electron chi connectivity index (χ2n) is 4.93. The van der Waals surface area contributed by atoms with Crippen molar-refractivity contribution in [3.8, 4) is 0 Å². The topological polar surface area (TPSA) is 98.3 Å². The van der Waals surface area contributed by atoms with E-state index >= 15 is 0 Å². The number of nitrogens with one attached hydrogen (secondary N) is 1. The van der Waals surface area contributed by atoms with E-state index in [9.17, 15) is 19.3 Å². The molecule has 0 heterocycles. The van der Waals surface area contributed by atoms with Gasteiger partial charge in [0.2, 0.25) is 5.91 Å². The molecule has 0 aliphatic rings. The molecule has 1 amide bonds. The van der Waals surface area contributed by atoms with Crippen LogP contribution in [0, 0.1) is 21.3 Å². The summed E-state index contributed by atoms with van der Waals surface area (Å²) in [5, 5.41) is 13.5. The summed E-state index contributed by atoms with van der Waals surface area (Å²) in [6.45, 7) is 3.87. The van der Waals surface area contributed by atoms with Gasteiger partial charge in [-0.1, -0.05) is 0 Å². The van der Waals surface area contributed by atoms with Crippen LogP contribution in [0.4, 0.5) is 10.1 Å². The van der Waals surface area contributed by atoms with Gasteiger partial charge < -0.3 is 11.1 Å². The summed E-state index contributed by atoms with van der Waals surface area (Å²) >= 11 is 0. The molecule has 0 aliphatic heterocycles. The molecule has 0 saturated carbocycles. The van der Waals surface area contributed by atoms with Gasteiger partial charge in [0.1, 0.15) is 5.82 Å². The molecule has 0 bridgehead atoms. The van der Waals surface area contributed by atoms with Gasteiger partial charge >= 0.3 is 0 Å². The van der Waals surface area contributed by atoms with E-state index in [-0.39, 0.29) is 12.2 Å². The van der Waals surface area contributed by atoms with Crippen LogP contribution in [0.1, 0.15) is 19.4 Å². The zero-order chi connectivity index (χ0) is 14.6. The minimum atomic E-state index is -0.737. The summed E-state index contributed by atoms with van der Waals surface area (Å²) in [5.41, 5.74) is 4.61. The van der Waals surface area contributed by atoms with Crippen molar-refractivity contribution in [3.05, 3.63) is 39.7 Å². The molecule has 0 spiro atoms. The number of carbonyl (C=O) groups is 1. The van der Waals surface area contributed by atoms with Crippen LogP contribution >= 0.6 is 0 Å². The average Bonchev–Trinajstić information content (AvgIpc) is 2.27. The Kier molecular flexibility index (Phi) is 4.55. The maximum absolute atomic E-state index is 13.2. The highest BCUT2D eigenvalue weighted by Gasteiger charge is 2.24. The number of non-ortho nitro benzene ring substituents is 1. The first-order valence-corrected chi connectivity index (χ1v) is 5.67. The smallest absolute Gasteiger partial charge is 0.272 e. The summed E-state index contributed by atoms with van der Waals surface area (Å²) in [7, 11) is 0. The molecule has 0 atom stereocenters. The van der Waals surface area contributed by atoms with Gasteiger partial charge in [0.05, 0.1) is 16.4 Å². The Labute approximate surface area is 109 Å². The molecule has 1 aromatic carbocycles. The van der Waals surface area contributed by atoms with Gasteiger partial charge in [0, 0.05) is 19.2 Å². The third kappa shape index (κ3) is 4.29. The van der Waals surface area contributed by atoms with Gasteiger partial charge in [0.15, 0.2) is 0 Å². The van der Waals surface area contributed by atoms with Gasteiger partial charge in [-0.15, -0.1) is 0 Å². The molecule has 104 valence electrons. The molecule has 3 N–H and O–H groups in total. The molecule has 0 aromatic heterocycles. The zero-order valence-electron chi connectivity index (χ0n) is 10.8. The van der Waals surface area contributed by atoms with Crippen molar-refractivity contribution in [1.29, 1.82) is 0 Å². The van der Waals surface area contributed by atoms with Crippen molar-refractivity contribution in [1.82, 2.24) is 5.32 Å². The highest BCUT2D eigenvalue weighted by molar-refractivity contribution is 5.80. The monoisotopic (exact) mass is 269 g/mol. The van der Waals surface area contributed by atoms with Gasteiger partial charge in [-0.25, -0.2) is 4.39 Å². The third-order valence-electron chi connectivity index (χ3n) is 2.72. The SMILES string of the molecule is CC(C)(CNCc1cc(F)cc([N+](=O)[O-])c1)C(N)=O. The van der Waals surface area contributed by atoms with E-state index in [0.29, 0.717) is 12.1 Å². The van der Waals surface area contributed by atoms with Gasteiger partial charge in [-0.2, -0.15) is 0 Å². The summed E-state index contributed by atoms with van der Waals surface area (Å²) in [6.07, 6.45) is 0. The second-order valence-corrected chi connectivity index (χ2v) is 4.93. The lowest BCUT2D eigenvalue weighted by Gasteiger charge is -2.20. The lowest BCUT2D eigenvalue weighted by molar-refractivity contribution is -0.385. The predicted molar refractivity (Wildman–Crippen MR) is 67.7 cm³/mol. The Bertz CT molecular complexity index is 503. The van der Waals surface area contributed by atoms with Crippen molar-refractivity contribution in [2.75, 3.05) is 6.54 Å². The summed E-state index contributed by atoms with van der Waals surface area (Å²) in [6, 6.07) is 3.35. The number of hydrogen-bond acceptors (Lipinski definition) is 4. The van der Waals surface area contributed by atoms with E-state index in [0.717, 1.165) is 6.07 Å². The van der Waals surface area contributed by atoms with E-state index in [1.807, 2.05) is 0 Å². The molecule has 1 rings (SSSR count). The van der Waals surface area contributed by atoms with Gasteiger partial charge in [0.25, 0.3) is 5.69 Å². The molecule has 7 heteroatoms. The molecular weight excluding hydrogens is 253 g/mol. The summed E-state index contributed by atoms with van der Waals surface area (Å²) < 4.78 is 13.2. The Morgan fingerprint density at radius 1 is 1.47 bits per heavy atom. The van der Waals surface area contributed by atoms with Crippen molar-refractivity contribution in [3.63, 3.8) is 0 Å². The first kappa shape index (κ1) is 15.0. The number of nitrogens with two attached hydrogens (primary N) is 1. The first-order valence-electron chi connectivity index (χ1n) is 5.67. The number of nitro groups is 1. The number of hydrogen-bond donors (Lipinski definition) is 2. The van der Waals surface area contributed by atoms with Crippen LogP contribution in [0.25, 0.3) is 0 Å². The van der Waals surface area contributed by atoms with E-state index in [2.05, 4.69) is 5.32 Å². The molecule has 0 aliphatic carbocycles. The average molecular weight is 269 g/mol. The van der Waals surface area contributed by atoms with Crippen LogP contribution in [0.2, 0.25) is 0 Å². The number of amides is 1. The Morgan fingerprint density at radius 3 is 2.63 bits per heavy atom. The van der Waals surface area contributed by atoms with Crippen LogP contribution < -0.4 is 11.1 Å². The minimum absolute atomic E-state index is 0.218. The highest BCUT2D eigenvalue weighted by atomic mass is 19.1. The Hall–Kier alpha value is -2.02. The van der Waals surface area contributed by atoms with Crippen molar-refractivity contribution < 1.29 is 14.1 Å². The highest BCUT2D eigenvalue weighted by Crippen LogP contribution is 2.17. The van der Waals surface area contributed by atoms with Crippen molar-refractivity contribution in [2.45, 2.75) is 20.4 Å². The fourth-order valence-electron chi connectivity index (χ4n) is 1.45. The molecule has 1 aromatic rings. The van der Waals surface area contributed by atoms with E-state index in [1.54, 1.807) is 13.8 Å². The van der Waals surface area contributed by atoms with Crippen LogP contribution in [0.15, 0.2) is 18.2 Å². The van der Waals surface area contributed by atoms with Crippen molar-refractivity contribution >= 4 is 11.6 Å². The van der Waals surface area contributed by atoms with Gasteiger partial charge in [-0.05, 0) is 25.5 Å². The number of rotatable bonds is 6. The summed E-state index contributed by atoms with van der Waals surface area (Å²) in [5.74, 6) is -1.12.